The second kappa shape index (κ2) is 11.5. The topological polar surface area (TPSA) is 88.8 Å². The average Bonchev–Trinajstić information content (AvgIpc) is 3.18. The Morgan fingerprint density at radius 2 is 1.95 bits per heavy atom. The fraction of sp³-hybridized carbons (Fsp3) is 0.515. The number of benzene rings is 1. The Balaban J connectivity index is 1.10. The van der Waals surface area contributed by atoms with Gasteiger partial charge in [-0.1, -0.05) is 0 Å². The minimum Gasteiger partial charge on any atom is -0.444 e. The van der Waals surface area contributed by atoms with Gasteiger partial charge in [-0.2, -0.15) is 5.26 Å². The van der Waals surface area contributed by atoms with Crippen molar-refractivity contribution in [3.8, 4) is 6.07 Å². The molecule has 2 atom stereocenters. The number of anilines is 1. The van der Waals surface area contributed by atoms with E-state index < -0.39 is 5.60 Å². The Bertz CT molecular complexity index is 1510. The van der Waals surface area contributed by atoms with E-state index in [-0.39, 0.29) is 6.09 Å². The minimum absolute atomic E-state index is 0.255. The minimum atomic E-state index is -0.494. The molecule has 3 aliphatic rings. The van der Waals surface area contributed by atoms with Crippen LogP contribution in [0, 0.1) is 11.3 Å². The van der Waals surface area contributed by atoms with Crippen molar-refractivity contribution in [1.82, 2.24) is 24.7 Å². The van der Waals surface area contributed by atoms with Gasteiger partial charge < -0.3 is 14.5 Å². The molecule has 6 rings (SSSR count). The van der Waals surface area contributed by atoms with E-state index in [1.165, 1.54) is 11.3 Å². The van der Waals surface area contributed by atoms with E-state index in [2.05, 4.69) is 50.9 Å². The summed E-state index contributed by atoms with van der Waals surface area (Å²) in [6, 6.07) is 13.5. The molecule has 9 nitrogen and oxygen atoms in total. The van der Waals surface area contributed by atoms with Gasteiger partial charge in [0.2, 0.25) is 0 Å². The van der Waals surface area contributed by atoms with E-state index in [4.69, 9.17) is 9.72 Å². The third-order valence-electron chi connectivity index (χ3n) is 8.80. The fourth-order valence-electron chi connectivity index (χ4n) is 6.74. The second-order valence-electron chi connectivity index (χ2n) is 13.0. The molecule has 0 bridgehead atoms. The molecule has 2 saturated heterocycles. The van der Waals surface area contributed by atoms with Gasteiger partial charge in [0.1, 0.15) is 11.7 Å². The molecule has 1 aromatic carbocycles. The highest BCUT2D eigenvalue weighted by atomic mass is 16.6. The number of carbonyl (C=O) groups excluding carboxylic acids is 1. The van der Waals surface area contributed by atoms with Crippen molar-refractivity contribution in [2.24, 2.45) is 0 Å². The number of pyridine rings is 2. The summed E-state index contributed by atoms with van der Waals surface area (Å²) in [6.45, 7) is 15.1. The molecule has 5 heterocycles. The van der Waals surface area contributed by atoms with Crippen LogP contribution in [0.2, 0.25) is 0 Å². The van der Waals surface area contributed by atoms with Crippen molar-refractivity contribution in [3.05, 3.63) is 65.1 Å². The van der Waals surface area contributed by atoms with Crippen LogP contribution in [0.4, 0.5) is 10.5 Å². The highest BCUT2D eigenvalue weighted by Crippen LogP contribution is 2.32. The maximum absolute atomic E-state index is 12.6. The molecule has 0 saturated carbocycles. The maximum Gasteiger partial charge on any atom is 0.410 e. The van der Waals surface area contributed by atoms with Crippen LogP contribution in [0.5, 0.6) is 0 Å². The standard InChI is InChI=1S/C33H41N7O2/c1-23-19-39(30-8-7-25(17-34)31-29(30)6-5-11-35-31)22-28-10-12-37(14-15-40(23)28)21-27-16-24-9-13-38(20-26(24)18-36-27)32(41)42-33(2,3)4/h5-8,11,16,18,23,28H,9-10,12-15,19-22H2,1-4H3/t23-,28+/m1/s1. The van der Waals surface area contributed by atoms with Gasteiger partial charge in [-0.25, -0.2) is 4.79 Å². The van der Waals surface area contributed by atoms with E-state index in [0.717, 1.165) is 74.3 Å². The number of piperazine rings is 1. The maximum atomic E-state index is 12.6. The molecule has 3 aliphatic heterocycles. The van der Waals surface area contributed by atoms with Gasteiger partial charge in [0, 0.05) is 81.4 Å². The third-order valence-corrected chi connectivity index (χ3v) is 8.80. The Hall–Kier alpha value is -3.74. The number of nitrogens with zero attached hydrogens (tertiary/aromatic N) is 7. The van der Waals surface area contributed by atoms with E-state index in [1.807, 2.05) is 39.1 Å². The van der Waals surface area contributed by atoms with E-state index in [1.54, 1.807) is 11.1 Å². The molecule has 9 heteroatoms. The zero-order valence-corrected chi connectivity index (χ0v) is 25.2. The smallest absolute Gasteiger partial charge is 0.410 e. The first kappa shape index (κ1) is 28.4. The molecular weight excluding hydrogens is 526 g/mol. The van der Waals surface area contributed by atoms with Crippen LogP contribution >= 0.6 is 0 Å². The fourth-order valence-corrected chi connectivity index (χ4v) is 6.74. The molecule has 2 aromatic heterocycles. The Morgan fingerprint density at radius 3 is 2.76 bits per heavy atom. The highest BCUT2D eigenvalue weighted by Gasteiger charge is 2.35. The first-order valence-corrected chi connectivity index (χ1v) is 15.1. The van der Waals surface area contributed by atoms with Gasteiger partial charge in [0.05, 0.1) is 23.3 Å². The van der Waals surface area contributed by atoms with Crippen LogP contribution in [0.25, 0.3) is 10.9 Å². The monoisotopic (exact) mass is 567 g/mol. The molecule has 0 unspecified atom stereocenters. The number of rotatable bonds is 3. The summed E-state index contributed by atoms with van der Waals surface area (Å²) in [6.07, 6.45) is 5.40. The SMILES string of the molecule is C[C@@H]1CN(c2ccc(C#N)c3ncccc23)C[C@@H]2CCN(Cc3cc4c(cn3)CN(C(=O)OC(C)(C)C)CC4)CCN21. The lowest BCUT2D eigenvalue weighted by atomic mass is 10.0. The Labute approximate surface area is 248 Å². The van der Waals surface area contributed by atoms with Crippen LogP contribution in [-0.4, -0.2) is 87.7 Å². The van der Waals surface area contributed by atoms with Crippen molar-refractivity contribution in [2.75, 3.05) is 44.2 Å². The summed E-state index contributed by atoms with van der Waals surface area (Å²) >= 11 is 0. The second-order valence-corrected chi connectivity index (χ2v) is 13.0. The third kappa shape index (κ3) is 5.92. The average molecular weight is 568 g/mol. The van der Waals surface area contributed by atoms with Crippen LogP contribution in [0.3, 0.4) is 0 Å². The molecule has 3 aromatic rings. The van der Waals surface area contributed by atoms with Gasteiger partial charge in [0.25, 0.3) is 0 Å². The molecular formula is C33H41N7O2. The summed E-state index contributed by atoms with van der Waals surface area (Å²) in [5, 5.41) is 10.6. The number of amides is 1. The molecule has 0 radical (unpaired) electrons. The van der Waals surface area contributed by atoms with Gasteiger partial charge in [-0.3, -0.25) is 19.8 Å². The molecule has 2 fully saturated rings. The molecule has 0 spiro atoms. The molecule has 1 amide bonds. The summed E-state index contributed by atoms with van der Waals surface area (Å²) in [7, 11) is 0. The van der Waals surface area contributed by atoms with Crippen molar-refractivity contribution < 1.29 is 9.53 Å². The number of hydrogen-bond acceptors (Lipinski definition) is 8. The summed E-state index contributed by atoms with van der Waals surface area (Å²) in [4.78, 5) is 31.4. The van der Waals surface area contributed by atoms with Crippen molar-refractivity contribution >= 4 is 22.7 Å². The predicted molar refractivity (Wildman–Crippen MR) is 163 cm³/mol. The van der Waals surface area contributed by atoms with E-state index in [9.17, 15) is 10.1 Å². The summed E-state index contributed by atoms with van der Waals surface area (Å²) < 4.78 is 5.57. The van der Waals surface area contributed by atoms with Crippen molar-refractivity contribution in [3.63, 3.8) is 0 Å². The van der Waals surface area contributed by atoms with Gasteiger partial charge in [-0.15, -0.1) is 0 Å². The van der Waals surface area contributed by atoms with Crippen LogP contribution in [-0.2, 0) is 24.2 Å². The number of nitriles is 1. The number of fused-ring (bicyclic) bond motifs is 3. The van der Waals surface area contributed by atoms with Crippen molar-refractivity contribution in [1.29, 1.82) is 5.26 Å². The van der Waals surface area contributed by atoms with Gasteiger partial charge in [-0.05, 0) is 82.0 Å². The lowest BCUT2D eigenvalue weighted by Gasteiger charge is -2.46. The van der Waals surface area contributed by atoms with E-state index >= 15 is 0 Å². The number of hydrogen-bond donors (Lipinski definition) is 0. The van der Waals surface area contributed by atoms with Crippen LogP contribution in [0.1, 0.15) is 56.5 Å². The lowest BCUT2D eigenvalue weighted by Crippen LogP contribution is -2.58. The van der Waals surface area contributed by atoms with E-state index in [0.29, 0.717) is 30.7 Å². The largest absolute Gasteiger partial charge is 0.444 e. The van der Waals surface area contributed by atoms with Crippen LogP contribution in [0.15, 0.2) is 42.7 Å². The number of carbonyl (C=O) groups is 1. The van der Waals surface area contributed by atoms with Gasteiger partial charge in [0.15, 0.2) is 0 Å². The summed E-state index contributed by atoms with van der Waals surface area (Å²) in [5.74, 6) is 0. The molecule has 220 valence electrons. The molecule has 0 aliphatic carbocycles. The number of aromatic nitrogens is 2. The van der Waals surface area contributed by atoms with Gasteiger partial charge >= 0.3 is 6.09 Å². The first-order chi connectivity index (χ1) is 20.2. The highest BCUT2D eigenvalue weighted by molar-refractivity contribution is 5.95. The Kier molecular flexibility index (Phi) is 7.77. The lowest BCUT2D eigenvalue weighted by molar-refractivity contribution is 0.0223. The quantitative estimate of drug-likeness (QED) is 0.455. The predicted octanol–water partition coefficient (Wildman–Crippen LogP) is 4.58. The molecule has 42 heavy (non-hydrogen) atoms. The molecule has 0 N–H and O–H groups in total. The number of ether oxygens (including phenoxy) is 1. The van der Waals surface area contributed by atoms with Crippen LogP contribution < -0.4 is 4.90 Å². The Morgan fingerprint density at radius 1 is 1.10 bits per heavy atom. The zero-order valence-electron chi connectivity index (χ0n) is 25.2. The van der Waals surface area contributed by atoms with Crippen molar-refractivity contribution in [2.45, 2.75) is 71.3 Å². The first-order valence-electron chi connectivity index (χ1n) is 15.1. The summed E-state index contributed by atoms with van der Waals surface area (Å²) in [5.41, 5.74) is 5.60. The zero-order chi connectivity index (χ0) is 29.4. The normalized spacial score (nSPS) is 21.8.